The van der Waals surface area contributed by atoms with E-state index in [4.69, 9.17) is 9.72 Å². The predicted molar refractivity (Wildman–Crippen MR) is 107 cm³/mol. The minimum atomic E-state index is -0.154. The smallest absolute Gasteiger partial charge is 0.0642 e. The average molecular weight is 353 g/mol. The molecule has 0 atom stereocenters. The highest BCUT2D eigenvalue weighted by Crippen LogP contribution is 2.49. The third kappa shape index (κ3) is 4.72. The molecule has 3 heteroatoms. The number of benzene rings is 1. The van der Waals surface area contributed by atoms with Crippen molar-refractivity contribution in [2.75, 3.05) is 6.54 Å². The van der Waals surface area contributed by atoms with E-state index in [2.05, 4.69) is 75.5 Å². The summed E-state index contributed by atoms with van der Waals surface area (Å²) in [4.78, 5) is 4.76. The molecule has 1 fully saturated rings. The van der Waals surface area contributed by atoms with Gasteiger partial charge in [-0.1, -0.05) is 36.4 Å². The molecule has 0 spiro atoms. The molecule has 1 aromatic carbocycles. The second-order valence-corrected chi connectivity index (χ2v) is 8.88. The van der Waals surface area contributed by atoms with Crippen LogP contribution in [0.15, 0.2) is 54.7 Å². The summed E-state index contributed by atoms with van der Waals surface area (Å²) in [5.41, 5.74) is 2.26. The van der Waals surface area contributed by atoms with Gasteiger partial charge in [-0.25, -0.2) is 0 Å². The molecule has 0 amide bonds. The third-order valence-electron chi connectivity index (χ3n) is 5.24. The Kier molecular flexibility index (Phi) is 5.50. The van der Waals surface area contributed by atoms with Gasteiger partial charge in [-0.3, -0.25) is 4.98 Å². The molecule has 1 N–H and O–H groups in total. The summed E-state index contributed by atoms with van der Waals surface area (Å²) in [6.07, 6.45) is 4.97. The lowest BCUT2D eigenvalue weighted by atomic mass is 9.65. The minimum Gasteiger partial charge on any atom is -0.370 e. The summed E-state index contributed by atoms with van der Waals surface area (Å²) in [6.45, 7) is 10.7. The first-order chi connectivity index (χ1) is 12.3. The van der Waals surface area contributed by atoms with Crippen molar-refractivity contribution in [3.63, 3.8) is 0 Å². The van der Waals surface area contributed by atoms with Crippen LogP contribution in [0.2, 0.25) is 0 Å². The maximum absolute atomic E-state index is 6.37. The van der Waals surface area contributed by atoms with Crippen LogP contribution in [0.5, 0.6) is 0 Å². The lowest BCUT2D eigenvalue weighted by Crippen LogP contribution is -2.53. The fourth-order valence-electron chi connectivity index (χ4n) is 4.83. The van der Waals surface area contributed by atoms with Gasteiger partial charge in [-0.05, 0) is 71.2 Å². The topological polar surface area (TPSA) is 34.2 Å². The van der Waals surface area contributed by atoms with Crippen molar-refractivity contribution in [1.82, 2.24) is 10.3 Å². The molecule has 0 radical (unpaired) electrons. The monoisotopic (exact) mass is 352 g/mol. The lowest BCUT2D eigenvalue weighted by Gasteiger charge is -2.52. The Hall–Kier alpha value is -1.71. The molecule has 1 aromatic heterocycles. The van der Waals surface area contributed by atoms with Crippen LogP contribution >= 0.6 is 0 Å². The molecule has 2 aromatic rings. The van der Waals surface area contributed by atoms with Crippen molar-refractivity contribution >= 4 is 0 Å². The summed E-state index contributed by atoms with van der Waals surface area (Å²) in [6, 6.07) is 16.9. The first-order valence-electron chi connectivity index (χ1n) is 9.67. The van der Waals surface area contributed by atoms with E-state index in [1.54, 1.807) is 0 Å². The van der Waals surface area contributed by atoms with E-state index in [0.29, 0.717) is 0 Å². The SMILES string of the molecule is CC1(C)CC(CCNCc2ccccc2)(c2ccccn2)CC(C)(C)O1. The van der Waals surface area contributed by atoms with Crippen LogP contribution in [-0.2, 0) is 16.7 Å². The minimum absolute atomic E-state index is 0.0379. The maximum atomic E-state index is 6.37. The quantitative estimate of drug-likeness (QED) is 0.753. The first kappa shape index (κ1) is 19.1. The second-order valence-electron chi connectivity index (χ2n) is 8.88. The Morgan fingerprint density at radius 2 is 1.58 bits per heavy atom. The summed E-state index contributed by atoms with van der Waals surface area (Å²) < 4.78 is 6.37. The van der Waals surface area contributed by atoms with Crippen molar-refractivity contribution in [1.29, 1.82) is 0 Å². The van der Waals surface area contributed by atoms with E-state index in [9.17, 15) is 0 Å². The van der Waals surface area contributed by atoms with Crippen LogP contribution in [0.4, 0.5) is 0 Å². The van der Waals surface area contributed by atoms with E-state index in [1.807, 2.05) is 12.3 Å². The van der Waals surface area contributed by atoms with E-state index in [1.165, 1.54) is 11.3 Å². The lowest BCUT2D eigenvalue weighted by molar-refractivity contribution is -0.181. The summed E-state index contributed by atoms with van der Waals surface area (Å²) in [5, 5.41) is 3.63. The molecular formula is C23H32N2O. The fraction of sp³-hybridized carbons (Fsp3) is 0.522. The van der Waals surface area contributed by atoms with Crippen molar-refractivity contribution < 1.29 is 4.74 Å². The second kappa shape index (κ2) is 7.50. The van der Waals surface area contributed by atoms with Gasteiger partial charge in [-0.15, -0.1) is 0 Å². The van der Waals surface area contributed by atoms with Gasteiger partial charge in [0, 0.05) is 23.9 Å². The van der Waals surface area contributed by atoms with Gasteiger partial charge < -0.3 is 10.1 Å². The molecule has 26 heavy (non-hydrogen) atoms. The normalized spacial score (nSPS) is 20.6. The maximum Gasteiger partial charge on any atom is 0.0642 e. The van der Waals surface area contributed by atoms with E-state index in [0.717, 1.165) is 32.4 Å². The molecule has 2 heterocycles. The highest BCUT2D eigenvalue weighted by atomic mass is 16.5. The summed E-state index contributed by atoms with van der Waals surface area (Å²) in [7, 11) is 0. The molecule has 3 nitrogen and oxygen atoms in total. The Morgan fingerprint density at radius 1 is 0.923 bits per heavy atom. The van der Waals surface area contributed by atoms with E-state index < -0.39 is 0 Å². The van der Waals surface area contributed by atoms with Gasteiger partial charge in [-0.2, -0.15) is 0 Å². The van der Waals surface area contributed by atoms with Gasteiger partial charge in [0.25, 0.3) is 0 Å². The van der Waals surface area contributed by atoms with Gasteiger partial charge in [0.1, 0.15) is 0 Å². The number of hydrogen-bond donors (Lipinski definition) is 1. The van der Waals surface area contributed by atoms with Crippen molar-refractivity contribution in [2.45, 2.75) is 70.1 Å². The van der Waals surface area contributed by atoms with Gasteiger partial charge >= 0.3 is 0 Å². The zero-order valence-electron chi connectivity index (χ0n) is 16.6. The molecule has 1 aliphatic heterocycles. The molecule has 0 unspecified atom stereocenters. The number of pyridine rings is 1. The predicted octanol–water partition coefficient (Wildman–Crippen LogP) is 4.87. The summed E-state index contributed by atoms with van der Waals surface area (Å²) in [5.74, 6) is 0. The molecule has 0 aliphatic carbocycles. The van der Waals surface area contributed by atoms with E-state index >= 15 is 0 Å². The molecular weight excluding hydrogens is 320 g/mol. The third-order valence-corrected chi connectivity index (χ3v) is 5.24. The molecule has 1 aliphatic rings. The van der Waals surface area contributed by atoms with Gasteiger partial charge in [0.2, 0.25) is 0 Å². The number of aromatic nitrogens is 1. The summed E-state index contributed by atoms with van der Waals surface area (Å²) >= 11 is 0. The van der Waals surface area contributed by atoms with Crippen molar-refractivity contribution in [3.05, 3.63) is 66.0 Å². The first-order valence-corrected chi connectivity index (χ1v) is 9.67. The number of hydrogen-bond acceptors (Lipinski definition) is 3. The van der Waals surface area contributed by atoms with Crippen LogP contribution in [-0.4, -0.2) is 22.7 Å². The van der Waals surface area contributed by atoms with Crippen LogP contribution in [0, 0.1) is 0 Å². The van der Waals surface area contributed by atoms with Crippen molar-refractivity contribution in [3.8, 4) is 0 Å². The molecule has 140 valence electrons. The van der Waals surface area contributed by atoms with Gasteiger partial charge in [0.05, 0.1) is 11.2 Å². The number of nitrogens with zero attached hydrogens (tertiary/aromatic N) is 1. The zero-order chi connectivity index (χ0) is 18.7. The number of nitrogens with one attached hydrogen (secondary N) is 1. The molecule has 0 saturated carbocycles. The molecule has 3 rings (SSSR count). The van der Waals surface area contributed by atoms with Crippen LogP contribution < -0.4 is 5.32 Å². The van der Waals surface area contributed by atoms with E-state index in [-0.39, 0.29) is 16.6 Å². The fourth-order valence-corrected chi connectivity index (χ4v) is 4.83. The largest absolute Gasteiger partial charge is 0.370 e. The Labute approximate surface area is 158 Å². The highest BCUT2D eigenvalue weighted by Gasteiger charge is 2.49. The highest BCUT2D eigenvalue weighted by molar-refractivity contribution is 5.21. The Morgan fingerprint density at radius 3 is 2.19 bits per heavy atom. The van der Waals surface area contributed by atoms with Crippen LogP contribution in [0.25, 0.3) is 0 Å². The Bertz CT molecular complexity index is 679. The average Bonchev–Trinajstić information content (AvgIpc) is 2.58. The standard InChI is InChI=1S/C23H32N2O/c1-21(2)17-23(18-22(3,4)26-21,20-12-8-9-14-25-20)13-15-24-16-19-10-6-5-7-11-19/h5-12,14,24H,13,15-18H2,1-4H3. The number of rotatable bonds is 6. The van der Waals surface area contributed by atoms with Gasteiger partial charge in [0.15, 0.2) is 0 Å². The Balaban J connectivity index is 1.76. The molecule has 1 saturated heterocycles. The van der Waals surface area contributed by atoms with Crippen LogP contribution in [0.1, 0.15) is 58.2 Å². The van der Waals surface area contributed by atoms with Crippen molar-refractivity contribution in [2.24, 2.45) is 0 Å². The van der Waals surface area contributed by atoms with Crippen LogP contribution in [0.3, 0.4) is 0 Å². The zero-order valence-corrected chi connectivity index (χ0v) is 16.6. The molecule has 0 bridgehead atoms. The number of ether oxygens (including phenoxy) is 1.